The molecule has 2 aromatic heterocycles. The number of hydrogen-bond acceptors (Lipinski definition) is 4. The van der Waals surface area contributed by atoms with E-state index in [2.05, 4.69) is 9.84 Å². The molecule has 0 amide bonds. The van der Waals surface area contributed by atoms with Crippen LogP contribution in [0.25, 0.3) is 5.52 Å². The van der Waals surface area contributed by atoms with Gasteiger partial charge >= 0.3 is 5.97 Å². The lowest BCUT2D eigenvalue weighted by atomic mass is 10.1. The van der Waals surface area contributed by atoms with Crippen LogP contribution < -0.4 is 5.73 Å². The summed E-state index contributed by atoms with van der Waals surface area (Å²) in [5, 5.41) is 4.09. The minimum atomic E-state index is -0.783. The highest BCUT2D eigenvalue weighted by molar-refractivity contribution is 5.80. The minimum absolute atomic E-state index is 0.464. The average Bonchev–Trinajstić information content (AvgIpc) is 2.70. The van der Waals surface area contributed by atoms with E-state index in [9.17, 15) is 4.79 Å². The molecular formula is C10H11N3O2. The van der Waals surface area contributed by atoms with Crippen molar-refractivity contribution in [3.63, 3.8) is 0 Å². The van der Waals surface area contributed by atoms with Crippen LogP contribution in [0.5, 0.6) is 0 Å². The maximum atomic E-state index is 11.3. The van der Waals surface area contributed by atoms with E-state index in [-0.39, 0.29) is 0 Å². The second-order valence-electron chi connectivity index (χ2n) is 3.13. The largest absolute Gasteiger partial charge is 0.468 e. The number of rotatable bonds is 2. The van der Waals surface area contributed by atoms with Crippen LogP contribution in [0.15, 0.2) is 30.6 Å². The molecule has 0 aliphatic rings. The van der Waals surface area contributed by atoms with E-state index in [0.717, 1.165) is 5.52 Å². The minimum Gasteiger partial charge on any atom is -0.468 e. The van der Waals surface area contributed by atoms with Crippen LogP contribution >= 0.6 is 0 Å². The molecule has 5 heteroatoms. The van der Waals surface area contributed by atoms with E-state index in [1.165, 1.54) is 7.11 Å². The molecule has 15 heavy (non-hydrogen) atoms. The van der Waals surface area contributed by atoms with Gasteiger partial charge in [0.1, 0.15) is 6.04 Å². The monoisotopic (exact) mass is 205 g/mol. The Labute approximate surface area is 86.4 Å². The van der Waals surface area contributed by atoms with Gasteiger partial charge in [0.05, 0.1) is 18.8 Å². The fourth-order valence-electron chi connectivity index (χ4n) is 1.45. The third-order valence-corrected chi connectivity index (χ3v) is 2.25. The van der Waals surface area contributed by atoms with Gasteiger partial charge in [-0.25, -0.2) is 4.52 Å². The van der Waals surface area contributed by atoms with Crippen LogP contribution in [0, 0.1) is 0 Å². The van der Waals surface area contributed by atoms with Gasteiger partial charge in [-0.1, -0.05) is 6.07 Å². The quantitative estimate of drug-likeness (QED) is 0.725. The number of methoxy groups -OCH3 is 1. The van der Waals surface area contributed by atoms with Gasteiger partial charge in [0, 0.05) is 11.8 Å². The molecule has 2 N–H and O–H groups in total. The van der Waals surface area contributed by atoms with E-state index >= 15 is 0 Å². The van der Waals surface area contributed by atoms with Crippen molar-refractivity contribution in [3.05, 3.63) is 36.2 Å². The van der Waals surface area contributed by atoms with Gasteiger partial charge in [0.2, 0.25) is 0 Å². The van der Waals surface area contributed by atoms with Crippen LogP contribution in [0.4, 0.5) is 0 Å². The first-order valence-corrected chi connectivity index (χ1v) is 4.49. The lowest BCUT2D eigenvalue weighted by Gasteiger charge is -2.06. The lowest BCUT2D eigenvalue weighted by Crippen LogP contribution is -2.22. The molecule has 2 heterocycles. The highest BCUT2D eigenvalue weighted by Gasteiger charge is 2.19. The van der Waals surface area contributed by atoms with Crippen LogP contribution in [0.1, 0.15) is 11.6 Å². The van der Waals surface area contributed by atoms with Crippen LogP contribution in [-0.4, -0.2) is 22.7 Å². The first-order chi connectivity index (χ1) is 7.24. The summed E-state index contributed by atoms with van der Waals surface area (Å²) in [6, 6.07) is 4.79. The number of nitrogens with two attached hydrogens (primary N) is 1. The molecule has 2 rings (SSSR count). The van der Waals surface area contributed by atoms with Gasteiger partial charge in [-0.3, -0.25) is 4.79 Å². The average molecular weight is 205 g/mol. The lowest BCUT2D eigenvalue weighted by molar-refractivity contribution is -0.142. The Kier molecular flexibility index (Phi) is 2.39. The fourth-order valence-corrected chi connectivity index (χ4v) is 1.45. The first-order valence-electron chi connectivity index (χ1n) is 4.49. The number of esters is 1. The number of aromatic nitrogens is 2. The molecule has 0 saturated heterocycles. The number of nitrogens with zero attached hydrogens (tertiary/aromatic N) is 2. The predicted molar refractivity (Wildman–Crippen MR) is 54.1 cm³/mol. The smallest absolute Gasteiger partial charge is 0.327 e. The Balaban J connectivity index is 2.48. The Morgan fingerprint density at radius 2 is 2.40 bits per heavy atom. The summed E-state index contributed by atoms with van der Waals surface area (Å²) in [6.07, 6.45) is 3.37. The summed E-state index contributed by atoms with van der Waals surface area (Å²) in [4.78, 5) is 11.3. The van der Waals surface area contributed by atoms with Gasteiger partial charge in [-0.2, -0.15) is 5.10 Å². The molecule has 0 spiro atoms. The van der Waals surface area contributed by atoms with Gasteiger partial charge in [-0.05, 0) is 12.1 Å². The van der Waals surface area contributed by atoms with Crippen LogP contribution in [0.3, 0.4) is 0 Å². The van der Waals surface area contributed by atoms with Crippen molar-refractivity contribution < 1.29 is 9.53 Å². The maximum absolute atomic E-state index is 11.3. The number of hydrogen-bond donors (Lipinski definition) is 1. The van der Waals surface area contributed by atoms with Gasteiger partial charge in [0.25, 0.3) is 0 Å². The zero-order valence-electron chi connectivity index (χ0n) is 8.25. The van der Waals surface area contributed by atoms with Crippen LogP contribution in [0.2, 0.25) is 0 Å². The molecule has 0 bridgehead atoms. The predicted octanol–water partition coefficient (Wildman–Crippen LogP) is 0.507. The summed E-state index contributed by atoms with van der Waals surface area (Å²) in [6.45, 7) is 0. The summed E-state index contributed by atoms with van der Waals surface area (Å²) in [5.74, 6) is -0.464. The highest BCUT2D eigenvalue weighted by Crippen LogP contribution is 2.17. The molecule has 0 aromatic carbocycles. The van der Waals surface area contributed by atoms with Crippen molar-refractivity contribution in [2.75, 3.05) is 7.11 Å². The number of carbonyl (C=O) groups excluding carboxylic acids is 1. The van der Waals surface area contributed by atoms with Gasteiger partial charge in [0.15, 0.2) is 0 Å². The molecule has 0 aliphatic carbocycles. The van der Waals surface area contributed by atoms with Crippen molar-refractivity contribution in [2.45, 2.75) is 6.04 Å². The number of ether oxygens (including phenoxy) is 1. The first kappa shape index (κ1) is 9.67. The Bertz CT molecular complexity index is 492. The highest BCUT2D eigenvalue weighted by atomic mass is 16.5. The summed E-state index contributed by atoms with van der Waals surface area (Å²) in [5.41, 5.74) is 7.22. The van der Waals surface area contributed by atoms with E-state index < -0.39 is 12.0 Å². The van der Waals surface area contributed by atoms with E-state index in [1.807, 2.05) is 18.2 Å². The molecule has 5 nitrogen and oxygen atoms in total. The fraction of sp³-hybridized carbons (Fsp3) is 0.200. The molecular weight excluding hydrogens is 194 g/mol. The van der Waals surface area contributed by atoms with Crippen molar-refractivity contribution in [3.8, 4) is 0 Å². The Morgan fingerprint density at radius 3 is 3.13 bits per heavy atom. The van der Waals surface area contributed by atoms with Gasteiger partial charge in [-0.15, -0.1) is 0 Å². The number of fused-ring (bicyclic) bond motifs is 1. The van der Waals surface area contributed by atoms with Gasteiger partial charge < -0.3 is 10.5 Å². The molecule has 78 valence electrons. The van der Waals surface area contributed by atoms with Crippen molar-refractivity contribution in [1.82, 2.24) is 9.61 Å². The maximum Gasteiger partial charge on any atom is 0.327 e. The summed E-state index contributed by atoms with van der Waals surface area (Å²) in [7, 11) is 1.31. The third-order valence-electron chi connectivity index (χ3n) is 2.25. The summed E-state index contributed by atoms with van der Waals surface area (Å²) < 4.78 is 6.25. The molecule has 0 aliphatic heterocycles. The van der Waals surface area contributed by atoms with Crippen LogP contribution in [-0.2, 0) is 9.53 Å². The molecule has 2 aromatic rings. The second-order valence-corrected chi connectivity index (χ2v) is 3.13. The second kappa shape index (κ2) is 3.70. The molecule has 0 radical (unpaired) electrons. The third kappa shape index (κ3) is 1.57. The SMILES string of the molecule is COC(=O)C(N)c1cnn2ccccc12. The standard InChI is InChI=1S/C10H11N3O2/c1-15-10(14)9(11)7-6-12-13-5-3-2-4-8(7)13/h2-6,9H,11H2,1H3. The van der Waals surface area contributed by atoms with E-state index in [0.29, 0.717) is 5.56 Å². The van der Waals surface area contributed by atoms with Crippen molar-refractivity contribution >= 4 is 11.5 Å². The Hall–Kier alpha value is -1.88. The molecule has 1 unspecified atom stereocenters. The number of carbonyl (C=O) groups is 1. The normalized spacial score (nSPS) is 12.7. The summed E-state index contributed by atoms with van der Waals surface area (Å²) >= 11 is 0. The topological polar surface area (TPSA) is 69.6 Å². The molecule has 0 fully saturated rings. The number of pyridine rings is 1. The Morgan fingerprint density at radius 1 is 1.60 bits per heavy atom. The zero-order valence-corrected chi connectivity index (χ0v) is 8.25. The zero-order chi connectivity index (χ0) is 10.8. The molecule has 1 atom stereocenters. The van der Waals surface area contributed by atoms with E-state index in [1.54, 1.807) is 16.9 Å². The van der Waals surface area contributed by atoms with Crippen molar-refractivity contribution in [2.24, 2.45) is 5.73 Å². The van der Waals surface area contributed by atoms with Crippen molar-refractivity contribution in [1.29, 1.82) is 0 Å². The molecule has 0 saturated carbocycles. The van der Waals surface area contributed by atoms with E-state index in [4.69, 9.17) is 5.73 Å².